The van der Waals surface area contributed by atoms with Crippen LogP contribution in [0.4, 0.5) is 0 Å². The maximum atomic E-state index is 11.5. The van der Waals surface area contributed by atoms with Crippen molar-refractivity contribution in [1.82, 2.24) is 4.90 Å². The fraction of sp³-hybridized carbons (Fsp3) is 0.800. The summed E-state index contributed by atoms with van der Waals surface area (Å²) < 4.78 is 10.2. The molecule has 2 aliphatic rings. The summed E-state index contributed by atoms with van der Waals surface area (Å²) in [5, 5.41) is 0. The Balaban J connectivity index is 1.87. The van der Waals surface area contributed by atoms with E-state index in [1.807, 2.05) is 13.0 Å². The van der Waals surface area contributed by atoms with Crippen LogP contribution in [0.2, 0.25) is 0 Å². The number of nitrogens with zero attached hydrogens (tertiary/aromatic N) is 1. The zero-order valence-corrected chi connectivity index (χ0v) is 12.1. The molecule has 0 aromatic heterocycles. The standard InChI is InChI=1S/C15H25NO3/c1-3-13(14(17)18-2)4-8-16-9-5-15(12-16)6-10-19-11-7-15/h4H,3,5-12H2,1-2H3. The molecule has 0 aromatic carbocycles. The second kappa shape index (κ2) is 6.53. The predicted octanol–water partition coefficient (Wildman–Crippen LogP) is 2.00. The van der Waals surface area contributed by atoms with E-state index in [2.05, 4.69) is 4.90 Å². The predicted molar refractivity (Wildman–Crippen MR) is 73.9 cm³/mol. The second-order valence-electron chi connectivity index (χ2n) is 5.67. The van der Waals surface area contributed by atoms with E-state index in [1.54, 1.807) is 0 Å². The lowest BCUT2D eigenvalue weighted by atomic mass is 9.80. The number of rotatable bonds is 4. The molecule has 0 atom stereocenters. The van der Waals surface area contributed by atoms with Crippen molar-refractivity contribution in [3.8, 4) is 0 Å². The molecular weight excluding hydrogens is 242 g/mol. The summed E-state index contributed by atoms with van der Waals surface area (Å²) in [5.41, 5.74) is 1.26. The number of hydrogen-bond donors (Lipinski definition) is 0. The first-order chi connectivity index (χ1) is 9.19. The van der Waals surface area contributed by atoms with Crippen molar-refractivity contribution in [3.05, 3.63) is 11.6 Å². The van der Waals surface area contributed by atoms with Gasteiger partial charge >= 0.3 is 5.97 Å². The van der Waals surface area contributed by atoms with Gasteiger partial charge in [-0.2, -0.15) is 0 Å². The highest BCUT2D eigenvalue weighted by Crippen LogP contribution is 2.39. The lowest BCUT2D eigenvalue weighted by Gasteiger charge is -2.33. The van der Waals surface area contributed by atoms with Gasteiger partial charge in [0.25, 0.3) is 0 Å². The molecule has 2 rings (SSSR count). The molecule has 19 heavy (non-hydrogen) atoms. The van der Waals surface area contributed by atoms with Crippen LogP contribution >= 0.6 is 0 Å². The second-order valence-corrected chi connectivity index (χ2v) is 5.67. The topological polar surface area (TPSA) is 38.8 Å². The van der Waals surface area contributed by atoms with E-state index in [4.69, 9.17) is 9.47 Å². The average molecular weight is 267 g/mol. The number of ether oxygens (including phenoxy) is 2. The molecular formula is C15H25NO3. The Hall–Kier alpha value is -0.870. The Morgan fingerprint density at radius 1 is 1.37 bits per heavy atom. The summed E-state index contributed by atoms with van der Waals surface area (Å²) in [7, 11) is 1.44. The van der Waals surface area contributed by atoms with Crippen molar-refractivity contribution in [2.24, 2.45) is 5.41 Å². The third kappa shape index (κ3) is 3.57. The molecule has 0 amide bonds. The van der Waals surface area contributed by atoms with Crippen LogP contribution in [0.1, 0.15) is 32.6 Å². The summed E-state index contributed by atoms with van der Waals surface area (Å²) in [6.45, 7) is 6.95. The van der Waals surface area contributed by atoms with Crippen molar-refractivity contribution >= 4 is 5.97 Å². The van der Waals surface area contributed by atoms with Crippen molar-refractivity contribution in [1.29, 1.82) is 0 Å². The molecule has 2 fully saturated rings. The van der Waals surface area contributed by atoms with Gasteiger partial charge in [0.05, 0.1) is 7.11 Å². The van der Waals surface area contributed by atoms with Crippen LogP contribution < -0.4 is 0 Å². The minimum Gasteiger partial charge on any atom is -0.466 e. The fourth-order valence-corrected chi connectivity index (χ4v) is 3.14. The monoisotopic (exact) mass is 267 g/mol. The molecule has 0 radical (unpaired) electrons. The highest BCUT2D eigenvalue weighted by Gasteiger charge is 2.38. The van der Waals surface area contributed by atoms with E-state index < -0.39 is 0 Å². The van der Waals surface area contributed by atoms with E-state index in [-0.39, 0.29) is 5.97 Å². The Bertz CT molecular complexity index is 345. The van der Waals surface area contributed by atoms with Gasteiger partial charge in [-0.15, -0.1) is 0 Å². The third-order valence-electron chi connectivity index (χ3n) is 4.50. The number of carbonyl (C=O) groups excluding carboxylic acids is 1. The van der Waals surface area contributed by atoms with Crippen LogP contribution in [-0.2, 0) is 14.3 Å². The van der Waals surface area contributed by atoms with Gasteiger partial charge in [0.2, 0.25) is 0 Å². The zero-order valence-electron chi connectivity index (χ0n) is 12.1. The van der Waals surface area contributed by atoms with E-state index >= 15 is 0 Å². The molecule has 2 saturated heterocycles. The van der Waals surface area contributed by atoms with E-state index in [0.717, 1.165) is 44.8 Å². The molecule has 1 spiro atoms. The average Bonchev–Trinajstić information content (AvgIpc) is 2.83. The smallest absolute Gasteiger partial charge is 0.333 e. The number of hydrogen-bond acceptors (Lipinski definition) is 4. The highest BCUT2D eigenvalue weighted by atomic mass is 16.5. The molecule has 2 aliphatic heterocycles. The molecule has 0 aliphatic carbocycles. The summed E-state index contributed by atoms with van der Waals surface area (Å²) in [6.07, 6.45) is 6.41. The van der Waals surface area contributed by atoms with Gasteiger partial charge in [-0.25, -0.2) is 4.79 Å². The molecule has 0 bridgehead atoms. The summed E-state index contributed by atoms with van der Waals surface area (Å²) in [6, 6.07) is 0. The van der Waals surface area contributed by atoms with E-state index in [9.17, 15) is 4.79 Å². The molecule has 0 unspecified atom stereocenters. The SMILES string of the molecule is CCC(=CCN1CCC2(CCOCC2)C1)C(=O)OC. The van der Waals surface area contributed by atoms with Crippen LogP contribution in [0.25, 0.3) is 0 Å². The summed E-state index contributed by atoms with van der Waals surface area (Å²) in [5.74, 6) is -0.192. The Kier molecular flexibility index (Phi) is 4.99. The van der Waals surface area contributed by atoms with Crippen LogP contribution in [-0.4, -0.2) is 50.8 Å². The van der Waals surface area contributed by atoms with E-state index in [1.165, 1.54) is 26.4 Å². The lowest BCUT2D eigenvalue weighted by Crippen LogP contribution is -2.33. The molecule has 0 saturated carbocycles. The van der Waals surface area contributed by atoms with Crippen molar-refractivity contribution in [3.63, 3.8) is 0 Å². The number of likely N-dealkylation sites (tertiary alicyclic amines) is 1. The number of carbonyl (C=O) groups is 1. The maximum absolute atomic E-state index is 11.5. The van der Waals surface area contributed by atoms with E-state index in [0.29, 0.717) is 5.41 Å². The molecule has 2 heterocycles. The number of esters is 1. The van der Waals surface area contributed by atoms with Gasteiger partial charge in [-0.05, 0) is 37.6 Å². The minimum absolute atomic E-state index is 0.192. The van der Waals surface area contributed by atoms with Gasteiger partial charge in [-0.1, -0.05) is 13.0 Å². The third-order valence-corrected chi connectivity index (χ3v) is 4.50. The quantitative estimate of drug-likeness (QED) is 0.577. The molecule has 0 aromatic rings. The Morgan fingerprint density at radius 3 is 2.74 bits per heavy atom. The zero-order chi connectivity index (χ0) is 13.7. The van der Waals surface area contributed by atoms with Gasteiger partial charge in [0, 0.05) is 31.9 Å². The van der Waals surface area contributed by atoms with Crippen molar-refractivity contribution in [2.75, 3.05) is 40.0 Å². The van der Waals surface area contributed by atoms with Crippen molar-refractivity contribution in [2.45, 2.75) is 32.6 Å². The Labute approximate surface area is 115 Å². The first-order valence-corrected chi connectivity index (χ1v) is 7.26. The molecule has 108 valence electrons. The molecule has 0 N–H and O–H groups in total. The van der Waals surface area contributed by atoms with Crippen LogP contribution in [0, 0.1) is 5.41 Å². The summed E-state index contributed by atoms with van der Waals surface area (Å²) >= 11 is 0. The first kappa shape index (κ1) is 14.5. The minimum atomic E-state index is -0.192. The number of methoxy groups -OCH3 is 1. The highest BCUT2D eigenvalue weighted by molar-refractivity contribution is 5.88. The maximum Gasteiger partial charge on any atom is 0.333 e. The normalized spacial score (nSPS) is 23.8. The van der Waals surface area contributed by atoms with Crippen LogP contribution in [0.15, 0.2) is 11.6 Å². The van der Waals surface area contributed by atoms with Crippen molar-refractivity contribution < 1.29 is 14.3 Å². The lowest BCUT2D eigenvalue weighted by molar-refractivity contribution is -0.136. The van der Waals surface area contributed by atoms with Crippen LogP contribution in [0.5, 0.6) is 0 Å². The molecule has 4 nitrogen and oxygen atoms in total. The van der Waals surface area contributed by atoms with Gasteiger partial charge in [0.1, 0.15) is 0 Å². The first-order valence-electron chi connectivity index (χ1n) is 7.26. The summed E-state index contributed by atoms with van der Waals surface area (Å²) in [4.78, 5) is 14.0. The largest absolute Gasteiger partial charge is 0.466 e. The molecule has 4 heteroatoms. The van der Waals surface area contributed by atoms with Gasteiger partial charge < -0.3 is 9.47 Å². The Morgan fingerprint density at radius 2 is 2.11 bits per heavy atom. The fourth-order valence-electron chi connectivity index (χ4n) is 3.14. The van der Waals surface area contributed by atoms with Gasteiger partial charge in [0.15, 0.2) is 0 Å². The van der Waals surface area contributed by atoms with Gasteiger partial charge in [-0.3, -0.25) is 4.90 Å². The van der Waals surface area contributed by atoms with Crippen LogP contribution in [0.3, 0.4) is 0 Å².